The lowest BCUT2D eigenvalue weighted by molar-refractivity contribution is 0.00754. The zero-order chi connectivity index (χ0) is 12.6. The topological polar surface area (TPSA) is 21.3 Å². The van der Waals surface area contributed by atoms with E-state index >= 15 is 0 Å². The van der Waals surface area contributed by atoms with E-state index in [0.29, 0.717) is 12.1 Å². The highest BCUT2D eigenvalue weighted by Crippen LogP contribution is 2.16. The lowest BCUT2D eigenvalue weighted by Crippen LogP contribution is -2.41. The number of methoxy groups -OCH3 is 1. The minimum Gasteiger partial charge on any atom is -0.379 e. The number of ether oxygens (including phenoxy) is 1. The monoisotopic (exact) mass is 229 g/mol. The van der Waals surface area contributed by atoms with Crippen LogP contribution < -0.4 is 5.32 Å². The second-order valence-electron chi connectivity index (χ2n) is 5.48. The van der Waals surface area contributed by atoms with E-state index in [1.165, 1.54) is 25.7 Å². The maximum Gasteiger partial charge on any atom is 0.0637 e. The molecule has 0 rings (SSSR count). The van der Waals surface area contributed by atoms with Gasteiger partial charge in [0.25, 0.3) is 0 Å². The third kappa shape index (κ3) is 7.24. The van der Waals surface area contributed by atoms with Crippen LogP contribution in [0.3, 0.4) is 0 Å². The van der Waals surface area contributed by atoms with Crippen LogP contribution in [0.2, 0.25) is 0 Å². The molecule has 16 heavy (non-hydrogen) atoms. The average molecular weight is 229 g/mol. The van der Waals surface area contributed by atoms with E-state index in [1.807, 2.05) is 0 Å². The Morgan fingerprint density at radius 1 is 1.25 bits per heavy atom. The number of hydrogen-bond acceptors (Lipinski definition) is 2. The summed E-state index contributed by atoms with van der Waals surface area (Å²) in [5.74, 6) is 0. The summed E-state index contributed by atoms with van der Waals surface area (Å²) in [6.07, 6.45) is 6.19. The summed E-state index contributed by atoms with van der Waals surface area (Å²) in [6.45, 7) is 11.1. The highest BCUT2D eigenvalue weighted by Gasteiger charge is 2.21. The van der Waals surface area contributed by atoms with E-state index < -0.39 is 0 Å². The van der Waals surface area contributed by atoms with Gasteiger partial charge in [-0.3, -0.25) is 0 Å². The Morgan fingerprint density at radius 2 is 1.88 bits per heavy atom. The van der Waals surface area contributed by atoms with Gasteiger partial charge in [-0.25, -0.2) is 0 Å². The third-order valence-electron chi connectivity index (χ3n) is 3.27. The molecule has 0 aromatic rings. The molecule has 98 valence electrons. The Hall–Kier alpha value is -0.0800. The van der Waals surface area contributed by atoms with Gasteiger partial charge in [-0.1, -0.05) is 26.7 Å². The van der Waals surface area contributed by atoms with Crippen molar-refractivity contribution in [3.63, 3.8) is 0 Å². The zero-order valence-corrected chi connectivity index (χ0v) is 12.1. The standard InChI is InChI=1S/C14H31NO/c1-7-9-10-13(8-2)15-12(3)11-14(4,5)16-6/h12-13,15H,7-11H2,1-6H3. The molecule has 0 aromatic carbocycles. The molecule has 2 heteroatoms. The molecule has 0 heterocycles. The van der Waals surface area contributed by atoms with Crippen LogP contribution in [0, 0.1) is 0 Å². The van der Waals surface area contributed by atoms with Crippen molar-refractivity contribution in [2.45, 2.75) is 84.4 Å². The van der Waals surface area contributed by atoms with Gasteiger partial charge < -0.3 is 10.1 Å². The maximum atomic E-state index is 5.46. The third-order valence-corrected chi connectivity index (χ3v) is 3.27. The van der Waals surface area contributed by atoms with Gasteiger partial charge in [-0.15, -0.1) is 0 Å². The van der Waals surface area contributed by atoms with Crippen molar-refractivity contribution in [3.8, 4) is 0 Å². The van der Waals surface area contributed by atoms with Crippen molar-refractivity contribution >= 4 is 0 Å². The van der Waals surface area contributed by atoms with Gasteiger partial charge in [0, 0.05) is 19.2 Å². The Kier molecular flexibility index (Phi) is 8.04. The van der Waals surface area contributed by atoms with Crippen molar-refractivity contribution < 1.29 is 4.74 Å². The Morgan fingerprint density at radius 3 is 2.31 bits per heavy atom. The summed E-state index contributed by atoms with van der Waals surface area (Å²) in [7, 11) is 1.79. The summed E-state index contributed by atoms with van der Waals surface area (Å²) in [5, 5.41) is 3.71. The lowest BCUT2D eigenvalue weighted by Gasteiger charge is -2.29. The summed E-state index contributed by atoms with van der Waals surface area (Å²) in [5.41, 5.74) is -0.0184. The normalized spacial score (nSPS) is 16.1. The van der Waals surface area contributed by atoms with Crippen LogP contribution in [-0.2, 0) is 4.74 Å². The molecule has 0 bridgehead atoms. The van der Waals surface area contributed by atoms with Crippen LogP contribution in [0.15, 0.2) is 0 Å². The van der Waals surface area contributed by atoms with Gasteiger partial charge in [-0.2, -0.15) is 0 Å². The molecule has 0 saturated heterocycles. The predicted molar refractivity (Wildman–Crippen MR) is 71.9 cm³/mol. The molecule has 0 aliphatic carbocycles. The Balaban J connectivity index is 3.95. The molecule has 0 aliphatic rings. The van der Waals surface area contributed by atoms with Gasteiger partial charge in [0.05, 0.1) is 5.60 Å². The fourth-order valence-electron chi connectivity index (χ4n) is 2.14. The molecule has 2 unspecified atom stereocenters. The van der Waals surface area contributed by atoms with E-state index in [9.17, 15) is 0 Å². The first kappa shape index (κ1) is 15.9. The largest absolute Gasteiger partial charge is 0.379 e. The lowest BCUT2D eigenvalue weighted by atomic mass is 9.98. The number of hydrogen-bond donors (Lipinski definition) is 1. The molecule has 2 nitrogen and oxygen atoms in total. The van der Waals surface area contributed by atoms with E-state index in [2.05, 4.69) is 39.9 Å². The summed E-state index contributed by atoms with van der Waals surface area (Å²) >= 11 is 0. The second-order valence-corrected chi connectivity index (χ2v) is 5.48. The molecule has 0 amide bonds. The van der Waals surface area contributed by atoms with Crippen LogP contribution in [0.4, 0.5) is 0 Å². The van der Waals surface area contributed by atoms with Crippen LogP contribution in [0.5, 0.6) is 0 Å². The fourth-order valence-corrected chi connectivity index (χ4v) is 2.14. The molecule has 0 saturated carbocycles. The van der Waals surface area contributed by atoms with Gasteiger partial charge in [-0.05, 0) is 40.0 Å². The number of rotatable bonds is 9. The highest BCUT2D eigenvalue weighted by atomic mass is 16.5. The number of unbranched alkanes of at least 4 members (excludes halogenated alkanes) is 1. The molecule has 0 fully saturated rings. The van der Waals surface area contributed by atoms with Crippen LogP contribution in [0.25, 0.3) is 0 Å². The van der Waals surface area contributed by atoms with Crippen LogP contribution >= 0.6 is 0 Å². The molecule has 0 aromatic heterocycles. The molecular formula is C14H31NO. The summed E-state index contributed by atoms with van der Waals surface area (Å²) < 4.78 is 5.46. The minimum absolute atomic E-state index is 0.0184. The van der Waals surface area contributed by atoms with E-state index in [0.717, 1.165) is 6.42 Å². The van der Waals surface area contributed by atoms with Crippen molar-refractivity contribution in [1.29, 1.82) is 0 Å². The Labute approximate surface area is 102 Å². The smallest absolute Gasteiger partial charge is 0.0637 e. The first-order valence-electron chi connectivity index (χ1n) is 6.76. The minimum atomic E-state index is -0.0184. The number of nitrogens with one attached hydrogen (secondary N) is 1. The molecular weight excluding hydrogens is 198 g/mol. The van der Waals surface area contributed by atoms with Crippen molar-refractivity contribution in [1.82, 2.24) is 5.32 Å². The van der Waals surface area contributed by atoms with Crippen molar-refractivity contribution in [2.24, 2.45) is 0 Å². The first-order chi connectivity index (χ1) is 7.45. The summed E-state index contributed by atoms with van der Waals surface area (Å²) in [4.78, 5) is 0. The van der Waals surface area contributed by atoms with Crippen LogP contribution in [0.1, 0.15) is 66.7 Å². The van der Waals surface area contributed by atoms with E-state index in [-0.39, 0.29) is 5.60 Å². The summed E-state index contributed by atoms with van der Waals surface area (Å²) in [6, 6.07) is 1.19. The van der Waals surface area contributed by atoms with Crippen molar-refractivity contribution in [3.05, 3.63) is 0 Å². The molecule has 0 spiro atoms. The highest BCUT2D eigenvalue weighted by molar-refractivity contribution is 4.78. The van der Waals surface area contributed by atoms with Gasteiger partial charge in [0.1, 0.15) is 0 Å². The maximum absolute atomic E-state index is 5.46. The van der Waals surface area contributed by atoms with Gasteiger partial charge in [0.2, 0.25) is 0 Å². The first-order valence-corrected chi connectivity index (χ1v) is 6.76. The van der Waals surface area contributed by atoms with Gasteiger partial charge >= 0.3 is 0 Å². The average Bonchev–Trinajstić information content (AvgIpc) is 2.23. The molecule has 2 atom stereocenters. The molecule has 1 N–H and O–H groups in total. The molecule has 0 aliphatic heterocycles. The SMILES string of the molecule is CCCCC(CC)NC(C)CC(C)(C)OC. The fraction of sp³-hybridized carbons (Fsp3) is 1.00. The van der Waals surface area contributed by atoms with Crippen LogP contribution in [-0.4, -0.2) is 24.8 Å². The quantitative estimate of drug-likeness (QED) is 0.650. The van der Waals surface area contributed by atoms with E-state index in [4.69, 9.17) is 4.74 Å². The van der Waals surface area contributed by atoms with Gasteiger partial charge in [0.15, 0.2) is 0 Å². The van der Waals surface area contributed by atoms with E-state index in [1.54, 1.807) is 7.11 Å². The second kappa shape index (κ2) is 8.08. The Bertz CT molecular complexity index is 168. The van der Waals surface area contributed by atoms with Crippen molar-refractivity contribution in [2.75, 3.05) is 7.11 Å². The zero-order valence-electron chi connectivity index (χ0n) is 12.1. The molecule has 0 radical (unpaired) electrons. The predicted octanol–water partition coefficient (Wildman–Crippen LogP) is 3.75.